The van der Waals surface area contributed by atoms with Crippen molar-refractivity contribution in [2.75, 3.05) is 19.8 Å². The SMILES string of the molecule is NC(COCC1CCCCO1)c1ccccc1. The minimum Gasteiger partial charge on any atom is -0.377 e. The van der Waals surface area contributed by atoms with E-state index in [1.807, 2.05) is 30.3 Å². The molecule has 0 bridgehead atoms. The van der Waals surface area contributed by atoms with Gasteiger partial charge in [0, 0.05) is 6.61 Å². The number of nitrogens with two attached hydrogens (primary N) is 1. The fourth-order valence-electron chi connectivity index (χ4n) is 2.06. The zero-order valence-electron chi connectivity index (χ0n) is 10.2. The van der Waals surface area contributed by atoms with E-state index in [2.05, 4.69) is 0 Å². The number of hydrogen-bond donors (Lipinski definition) is 1. The smallest absolute Gasteiger partial charge is 0.0808 e. The second-order valence-corrected chi connectivity index (χ2v) is 4.54. The van der Waals surface area contributed by atoms with Crippen LogP contribution in [0.2, 0.25) is 0 Å². The van der Waals surface area contributed by atoms with Crippen molar-refractivity contribution in [3.8, 4) is 0 Å². The number of ether oxygens (including phenoxy) is 2. The fourth-order valence-corrected chi connectivity index (χ4v) is 2.06. The van der Waals surface area contributed by atoms with Crippen molar-refractivity contribution in [1.82, 2.24) is 0 Å². The first-order valence-corrected chi connectivity index (χ1v) is 6.36. The second-order valence-electron chi connectivity index (χ2n) is 4.54. The predicted molar refractivity (Wildman–Crippen MR) is 67.8 cm³/mol. The Bertz CT molecular complexity index is 309. The summed E-state index contributed by atoms with van der Waals surface area (Å²) >= 11 is 0. The highest BCUT2D eigenvalue weighted by atomic mass is 16.5. The molecule has 0 aromatic heterocycles. The molecule has 3 heteroatoms. The van der Waals surface area contributed by atoms with E-state index in [0.717, 1.165) is 18.6 Å². The molecule has 94 valence electrons. The summed E-state index contributed by atoms with van der Waals surface area (Å²) < 4.78 is 11.2. The molecule has 0 spiro atoms. The number of hydrogen-bond acceptors (Lipinski definition) is 3. The van der Waals surface area contributed by atoms with E-state index in [1.165, 1.54) is 12.8 Å². The summed E-state index contributed by atoms with van der Waals surface area (Å²) in [4.78, 5) is 0. The Balaban J connectivity index is 1.67. The summed E-state index contributed by atoms with van der Waals surface area (Å²) in [5, 5.41) is 0. The van der Waals surface area contributed by atoms with Crippen molar-refractivity contribution in [3.05, 3.63) is 35.9 Å². The van der Waals surface area contributed by atoms with Gasteiger partial charge >= 0.3 is 0 Å². The Morgan fingerprint density at radius 1 is 1.29 bits per heavy atom. The molecule has 2 unspecified atom stereocenters. The van der Waals surface area contributed by atoms with Gasteiger partial charge in [0.1, 0.15) is 0 Å². The molecule has 1 fully saturated rings. The lowest BCUT2D eigenvalue weighted by Crippen LogP contribution is -2.26. The summed E-state index contributed by atoms with van der Waals surface area (Å²) in [5.74, 6) is 0. The molecule has 1 aromatic carbocycles. The van der Waals surface area contributed by atoms with E-state index in [1.54, 1.807) is 0 Å². The van der Waals surface area contributed by atoms with Crippen LogP contribution in [-0.2, 0) is 9.47 Å². The summed E-state index contributed by atoms with van der Waals surface area (Å²) in [6, 6.07) is 10.0. The lowest BCUT2D eigenvalue weighted by atomic mass is 10.1. The fraction of sp³-hybridized carbons (Fsp3) is 0.571. The molecule has 0 radical (unpaired) electrons. The standard InChI is InChI=1S/C14H21NO2/c15-14(12-6-2-1-3-7-12)11-16-10-13-8-4-5-9-17-13/h1-3,6-7,13-14H,4-5,8-11,15H2. The van der Waals surface area contributed by atoms with Gasteiger partial charge in [-0.05, 0) is 24.8 Å². The van der Waals surface area contributed by atoms with Gasteiger partial charge in [-0.1, -0.05) is 30.3 Å². The van der Waals surface area contributed by atoms with Crippen molar-refractivity contribution < 1.29 is 9.47 Å². The van der Waals surface area contributed by atoms with Crippen molar-refractivity contribution in [3.63, 3.8) is 0 Å². The van der Waals surface area contributed by atoms with E-state index >= 15 is 0 Å². The average molecular weight is 235 g/mol. The molecule has 3 nitrogen and oxygen atoms in total. The molecule has 0 saturated carbocycles. The Hall–Kier alpha value is -0.900. The van der Waals surface area contributed by atoms with E-state index in [9.17, 15) is 0 Å². The monoisotopic (exact) mass is 235 g/mol. The normalized spacial score (nSPS) is 22.3. The van der Waals surface area contributed by atoms with Crippen molar-refractivity contribution in [2.24, 2.45) is 5.73 Å². The Kier molecular flexibility index (Phi) is 4.98. The van der Waals surface area contributed by atoms with Crippen LogP contribution < -0.4 is 5.73 Å². The molecule has 2 N–H and O–H groups in total. The third-order valence-corrected chi connectivity index (χ3v) is 3.10. The van der Waals surface area contributed by atoms with Crippen LogP contribution >= 0.6 is 0 Å². The summed E-state index contributed by atoms with van der Waals surface area (Å²) in [6.07, 6.45) is 3.81. The van der Waals surface area contributed by atoms with Crippen LogP contribution in [-0.4, -0.2) is 25.9 Å². The largest absolute Gasteiger partial charge is 0.377 e. The number of rotatable bonds is 5. The zero-order valence-corrected chi connectivity index (χ0v) is 10.2. The molecule has 2 rings (SSSR count). The third kappa shape index (κ3) is 4.11. The third-order valence-electron chi connectivity index (χ3n) is 3.10. The van der Waals surface area contributed by atoms with Crippen LogP contribution in [0.3, 0.4) is 0 Å². The summed E-state index contributed by atoms with van der Waals surface area (Å²) in [6.45, 7) is 2.10. The lowest BCUT2D eigenvalue weighted by molar-refractivity contribution is -0.0428. The van der Waals surface area contributed by atoms with E-state index < -0.39 is 0 Å². The molecular weight excluding hydrogens is 214 g/mol. The molecule has 1 saturated heterocycles. The highest BCUT2D eigenvalue weighted by Crippen LogP contribution is 2.14. The minimum atomic E-state index is -0.0419. The lowest BCUT2D eigenvalue weighted by Gasteiger charge is -2.23. The average Bonchev–Trinajstić information content (AvgIpc) is 2.41. The van der Waals surface area contributed by atoms with Crippen LogP contribution in [0.15, 0.2) is 30.3 Å². The highest BCUT2D eigenvalue weighted by molar-refractivity contribution is 5.18. The first-order valence-electron chi connectivity index (χ1n) is 6.36. The number of benzene rings is 1. The molecular formula is C14H21NO2. The highest BCUT2D eigenvalue weighted by Gasteiger charge is 2.14. The van der Waals surface area contributed by atoms with E-state index in [4.69, 9.17) is 15.2 Å². The molecule has 2 atom stereocenters. The second kappa shape index (κ2) is 6.74. The van der Waals surface area contributed by atoms with Crippen LogP contribution in [0.4, 0.5) is 0 Å². The van der Waals surface area contributed by atoms with Gasteiger partial charge < -0.3 is 15.2 Å². The van der Waals surface area contributed by atoms with Gasteiger partial charge in [0.15, 0.2) is 0 Å². The van der Waals surface area contributed by atoms with E-state index in [-0.39, 0.29) is 12.1 Å². The first kappa shape index (κ1) is 12.6. The van der Waals surface area contributed by atoms with Crippen LogP contribution in [0.25, 0.3) is 0 Å². The molecule has 1 heterocycles. The maximum Gasteiger partial charge on any atom is 0.0808 e. The Morgan fingerprint density at radius 2 is 2.12 bits per heavy atom. The maximum atomic E-state index is 6.04. The van der Waals surface area contributed by atoms with Gasteiger partial charge in [-0.15, -0.1) is 0 Å². The molecule has 0 aliphatic carbocycles. The molecule has 17 heavy (non-hydrogen) atoms. The van der Waals surface area contributed by atoms with Crippen LogP contribution in [0, 0.1) is 0 Å². The topological polar surface area (TPSA) is 44.5 Å². The van der Waals surface area contributed by atoms with Gasteiger partial charge in [0.25, 0.3) is 0 Å². The van der Waals surface area contributed by atoms with Gasteiger partial charge in [0.05, 0.1) is 25.4 Å². The van der Waals surface area contributed by atoms with Gasteiger partial charge in [0.2, 0.25) is 0 Å². The van der Waals surface area contributed by atoms with Crippen molar-refractivity contribution >= 4 is 0 Å². The predicted octanol–water partition coefficient (Wildman–Crippen LogP) is 2.27. The molecule has 1 aliphatic heterocycles. The zero-order chi connectivity index (χ0) is 11.9. The first-order chi connectivity index (χ1) is 8.36. The quantitative estimate of drug-likeness (QED) is 0.851. The van der Waals surface area contributed by atoms with Crippen molar-refractivity contribution in [1.29, 1.82) is 0 Å². The summed E-state index contributed by atoms with van der Waals surface area (Å²) in [5.41, 5.74) is 7.17. The van der Waals surface area contributed by atoms with Gasteiger partial charge in [-0.25, -0.2) is 0 Å². The van der Waals surface area contributed by atoms with Crippen LogP contribution in [0.5, 0.6) is 0 Å². The Labute approximate surface area is 103 Å². The minimum absolute atomic E-state index is 0.0419. The molecule has 1 aliphatic rings. The van der Waals surface area contributed by atoms with Gasteiger partial charge in [-0.2, -0.15) is 0 Å². The van der Waals surface area contributed by atoms with Gasteiger partial charge in [-0.3, -0.25) is 0 Å². The Morgan fingerprint density at radius 3 is 2.82 bits per heavy atom. The van der Waals surface area contributed by atoms with Crippen molar-refractivity contribution in [2.45, 2.75) is 31.4 Å². The molecule has 0 amide bonds. The maximum absolute atomic E-state index is 6.04. The summed E-state index contributed by atoms with van der Waals surface area (Å²) in [7, 11) is 0. The molecule has 1 aromatic rings. The van der Waals surface area contributed by atoms with E-state index in [0.29, 0.717) is 13.2 Å². The van der Waals surface area contributed by atoms with Crippen LogP contribution in [0.1, 0.15) is 30.9 Å².